The number of aliphatic hydroxyl groups excluding tert-OH is 1. The first kappa shape index (κ1) is 14.2. The van der Waals surface area contributed by atoms with E-state index in [9.17, 15) is 9.90 Å². The van der Waals surface area contributed by atoms with Crippen LogP contribution in [0.1, 0.15) is 12.0 Å². The van der Waals surface area contributed by atoms with Crippen LogP contribution in [0, 0.1) is 0 Å². The normalized spacial score (nSPS) is 12.4. The summed E-state index contributed by atoms with van der Waals surface area (Å²) in [5.74, 6) is 0.0475. The van der Waals surface area contributed by atoms with Crippen molar-refractivity contribution >= 4 is 17.2 Å². The summed E-state index contributed by atoms with van der Waals surface area (Å²) in [5, 5.41) is 13.6. The Kier molecular flexibility index (Phi) is 6.18. The maximum atomic E-state index is 11.8. The summed E-state index contributed by atoms with van der Waals surface area (Å²) < 4.78 is 4.82. The second kappa shape index (κ2) is 7.42. The fourth-order valence-electron chi connectivity index (χ4n) is 1.54. The molecule has 1 unspecified atom stereocenters. The van der Waals surface area contributed by atoms with Crippen molar-refractivity contribution in [2.24, 2.45) is 0 Å². The zero-order valence-corrected chi connectivity index (χ0v) is 11.1. The third kappa shape index (κ3) is 5.30. The maximum Gasteiger partial charge on any atom is 0.222 e. The zero-order valence-electron chi connectivity index (χ0n) is 10.3. The zero-order chi connectivity index (χ0) is 12.7. The lowest BCUT2D eigenvalue weighted by Crippen LogP contribution is -2.36. The molecule has 1 aromatic rings. The first-order valence-electron chi connectivity index (χ1n) is 5.55. The Hall–Kier alpha value is -0.910. The number of amides is 1. The Balaban J connectivity index is 2.27. The highest BCUT2D eigenvalue weighted by atomic mass is 32.1. The number of rotatable bonds is 7. The molecule has 0 aliphatic carbocycles. The molecule has 1 amide bonds. The lowest BCUT2D eigenvalue weighted by molar-refractivity contribution is -0.131. The van der Waals surface area contributed by atoms with Crippen molar-refractivity contribution in [2.75, 3.05) is 27.3 Å². The fraction of sp³-hybridized carbons (Fsp3) is 0.583. The molecule has 0 radical (unpaired) electrons. The van der Waals surface area contributed by atoms with Crippen LogP contribution in [-0.2, 0) is 16.0 Å². The van der Waals surface area contributed by atoms with E-state index in [0.29, 0.717) is 13.0 Å². The minimum Gasteiger partial charge on any atom is -0.389 e. The van der Waals surface area contributed by atoms with Gasteiger partial charge in [0.25, 0.3) is 0 Å². The summed E-state index contributed by atoms with van der Waals surface area (Å²) in [6, 6.07) is 2.03. The Morgan fingerprint density at radius 2 is 2.41 bits per heavy atom. The third-order valence-electron chi connectivity index (χ3n) is 2.48. The number of hydrogen-bond acceptors (Lipinski definition) is 4. The summed E-state index contributed by atoms with van der Waals surface area (Å²) >= 11 is 1.64. The molecule has 1 N–H and O–H groups in total. The fourth-order valence-corrected chi connectivity index (χ4v) is 2.24. The van der Waals surface area contributed by atoms with Crippen LogP contribution in [0.15, 0.2) is 16.8 Å². The largest absolute Gasteiger partial charge is 0.389 e. The van der Waals surface area contributed by atoms with E-state index < -0.39 is 6.10 Å². The second-order valence-electron chi connectivity index (χ2n) is 4.02. The second-order valence-corrected chi connectivity index (χ2v) is 4.80. The van der Waals surface area contributed by atoms with Crippen molar-refractivity contribution in [1.82, 2.24) is 4.90 Å². The van der Waals surface area contributed by atoms with E-state index in [2.05, 4.69) is 0 Å². The Morgan fingerprint density at radius 1 is 1.65 bits per heavy atom. The molecular formula is C12H19NO3S. The highest BCUT2D eigenvalue weighted by molar-refractivity contribution is 7.07. The highest BCUT2D eigenvalue weighted by Gasteiger charge is 2.13. The number of aryl methyl sites for hydroxylation is 1. The van der Waals surface area contributed by atoms with Crippen LogP contribution in [0.2, 0.25) is 0 Å². The molecule has 0 spiro atoms. The lowest BCUT2D eigenvalue weighted by atomic mass is 10.2. The van der Waals surface area contributed by atoms with Crippen LogP contribution in [-0.4, -0.2) is 49.3 Å². The quantitative estimate of drug-likeness (QED) is 0.797. The van der Waals surface area contributed by atoms with Gasteiger partial charge in [-0.1, -0.05) is 0 Å². The van der Waals surface area contributed by atoms with E-state index >= 15 is 0 Å². The number of carbonyl (C=O) groups excluding carboxylic acids is 1. The van der Waals surface area contributed by atoms with Crippen LogP contribution < -0.4 is 0 Å². The van der Waals surface area contributed by atoms with E-state index in [1.165, 1.54) is 12.7 Å². The predicted octanol–water partition coefficient (Wildman–Crippen LogP) is 1.15. The van der Waals surface area contributed by atoms with E-state index in [4.69, 9.17) is 4.74 Å². The van der Waals surface area contributed by atoms with Gasteiger partial charge in [-0.15, -0.1) is 0 Å². The molecule has 0 bridgehead atoms. The standard InChI is InChI=1S/C12H19NO3S/c1-13(7-11(14)8-16-2)12(15)4-3-10-5-6-17-9-10/h5-6,9,11,14H,3-4,7-8H2,1-2H3. The summed E-state index contributed by atoms with van der Waals surface area (Å²) in [7, 11) is 3.23. The molecule has 17 heavy (non-hydrogen) atoms. The monoisotopic (exact) mass is 257 g/mol. The van der Waals surface area contributed by atoms with Gasteiger partial charge in [-0.25, -0.2) is 0 Å². The van der Waals surface area contributed by atoms with Gasteiger partial charge >= 0.3 is 0 Å². The molecular weight excluding hydrogens is 238 g/mol. The third-order valence-corrected chi connectivity index (χ3v) is 3.21. The average Bonchev–Trinajstić information content (AvgIpc) is 2.78. The van der Waals surface area contributed by atoms with Crippen molar-refractivity contribution < 1.29 is 14.6 Å². The number of ether oxygens (including phenoxy) is 1. The SMILES string of the molecule is COCC(O)CN(C)C(=O)CCc1ccsc1. The van der Waals surface area contributed by atoms with E-state index in [1.807, 2.05) is 16.8 Å². The number of aliphatic hydroxyl groups is 1. The van der Waals surface area contributed by atoms with Gasteiger partial charge in [0, 0.05) is 27.1 Å². The first-order chi connectivity index (χ1) is 8.13. The topological polar surface area (TPSA) is 49.8 Å². The van der Waals surface area contributed by atoms with Gasteiger partial charge in [-0.3, -0.25) is 4.79 Å². The van der Waals surface area contributed by atoms with Gasteiger partial charge in [0.1, 0.15) is 0 Å². The van der Waals surface area contributed by atoms with Crippen LogP contribution >= 0.6 is 11.3 Å². The van der Waals surface area contributed by atoms with Crippen molar-refractivity contribution in [3.05, 3.63) is 22.4 Å². The maximum absolute atomic E-state index is 11.8. The van der Waals surface area contributed by atoms with Gasteiger partial charge < -0.3 is 14.7 Å². The summed E-state index contributed by atoms with van der Waals surface area (Å²) in [4.78, 5) is 13.3. The molecule has 0 fully saturated rings. The first-order valence-corrected chi connectivity index (χ1v) is 6.49. The number of nitrogens with zero attached hydrogens (tertiary/aromatic N) is 1. The molecule has 1 heterocycles. The minimum absolute atomic E-state index is 0.0475. The van der Waals surface area contributed by atoms with Crippen molar-refractivity contribution in [3.8, 4) is 0 Å². The lowest BCUT2D eigenvalue weighted by Gasteiger charge is -2.20. The van der Waals surface area contributed by atoms with Crippen molar-refractivity contribution in [3.63, 3.8) is 0 Å². The average molecular weight is 257 g/mol. The summed E-state index contributed by atoms with van der Waals surface area (Å²) in [6.07, 6.45) is 0.620. The molecule has 5 heteroatoms. The van der Waals surface area contributed by atoms with E-state index in [1.54, 1.807) is 23.3 Å². The molecule has 0 aromatic carbocycles. The molecule has 96 valence electrons. The van der Waals surface area contributed by atoms with Gasteiger partial charge in [0.2, 0.25) is 5.91 Å². The van der Waals surface area contributed by atoms with E-state index in [-0.39, 0.29) is 12.5 Å². The van der Waals surface area contributed by atoms with Crippen LogP contribution in [0.25, 0.3) is 0 Å². The van der Waals surface area contributed by atoms with Crippen LogP contribution in [0.3, 0.4) is 0 Å². The smallest absolute Gasteiger partial charge is 0.222 e. The van der Waals surface area contributed by atoms with Crippen LogP contribution in [0.4, 0.5) is 0 Å². The number of thiophene rings is 1. The molecule has 1 atom stereocenters. The van der Waals surface area contributed by atoms with Gasteiger partial charge in [-0.2, -0.15) is 11.3 Å². The van der Waals surface area contributed by atoms with Gasteiger partial charge in [-0.05, 0) is 28.8 Å². The number of methoxy groups -OCH3 is 1. The van der Waals surface area contributed by atoms with Crippen molar-refractivity contribution in [2.45, 2.75) is 18.9 Å². The molecule has 0 saturated heterocycles. The molecule has 0 saturated carbocycles. The Morgan fingerprint density at radius 3 is 3.00 bits per heavy atom. The Bertz CT molecular complexity index is 327. The van der Waals surface area contributed by atoms with Crippen LogP contribution in [0.5, 0.6) is 0 Å². The summed E-state index contributed by atoms with van der Waals surface area (Å²) in [6.45, 7) is 0.568. The van der Waals surface area contributed by atoms with Gasteiger partial charge in [0.05, 0.1) is 12.7 Å². The van der Waals surface area contributed by atoms with E-state index in [0.717, 1.165) is 6.42 Å². The highest BCUT2D eigenvalue weighted by Crippen LogP contribution is 2.09. The molecule has 0 aliphatic rings. The number of likely N-dealkylation sites (N-methyl/N-ethyl adjacent to an activating group) is 1. The van der Waals surface area contributed by atoms with Crippen molar-refractivity contribution in [1.29, 1.82) is 0 Å². The predicted molar refractivity (Wildman–Crippen MR) is 68.2 cm³/mol. The Labute approximate surface area is 106 Å². The summed E-state index contributed by atoms with van der Waals surface area (Å²) in [5.41, 5.74) is 1.19. The molecule has 4 nitrogen and oxygen atoms in total. The molecule has 1 aromatic heterocycles. The number of carbonyl (C=O) groups is 1. The minimum atomic E-state index is -0.616. The molecule has 1 rings (SSSR count). The van der Waals surface area contributed by atoms with Gasteiger partial charge in [0.15, 0.2) is 0 Å². The number of hydrogen-bond donors (Lipinski definition) is 1. The molecule has 0 aliphatic heterocycles.